The van der Waals surface area contributed by atoms with Gasteiger partial charge in [0.1, 0.15) is 0 Å². The standard InChI is InChI=1S/C25H31N3O3S/c1-7-27(8-2)24(29)21-17(4)28(18-12-9-11-16(3)15-18)25(32)26-22(21)19-13-10-14-20(30-5)23(19)31-6/h9-15,22H,7-8H2,1-6H3,(H,26,32). The Kier molecular flexibility index (Phi) is 7.40. The summed E-state index contributed by atoms with van der Waals surface area (Å²) in [5.74, 6) is 1.15. The minimum atomic E-state index is -0.471. The topological polar surface area (TPSA) is 54.0 Å². The third kappa shape index (κ3) is 4.30. The fraction of sp³-hybridized carbons (Fsp3) is 0.360. The number of allylic oxidation sites excluding steroid dienone is 1. The first-order chi connectivity index (χ1) is 15.4. The number of carbonyl (C=O) groups is 1. The smallest absolute Gasteiger partial charge is 0.253 e. The molecule has 0 saturated heterocycles. The van der Waals surface area contributed by atoms with Crippen molar-refractivity contribution < 1.29 is 14.3 Å². The summed E-state index contributed by atoms with van der Waals surface area (Å²) in [7, 11) is 3.20. The Morgan fingerprint density at radius 1 is 1.09 bits per heavy atom. The summed E-state index contributed by atoms with van der Waals surface area (Å²) in [6, 6.07) is 13.3. The highest BCUT2D eigenvalue weighted by Crippen LogP contribution is 2.41. The minimum Gasteiger partial charge on any atom is -0.493 e. The van der Waals surface area contributed by atoms with Gasteiger partial charge < -0.3 is 19.7 Å². The molecule has 1 amide bonds. The summed E-state index contributed by atoms with van der Waals surface area (Å²) >= 11 is 5.79. The number of hydrogen-bond donors (Lipinski definition) is 1. The number of likely N-dealkylation sites (N-methyl/N-ethyl adjacent to an activating group) is 1. The number of rotatable bonds is 7. The van der Waals surface area contributed by atoms with Crippen LogP contribution in [0, 0.1) is 6.92 Å². The molecule has 32 heavy (non-hydrogen) atoms. The van der Waals surface area contributed by atoms with Gasteiger partial charge in [-0.05, 0) is 63.7 Å². The third-order valence-corrected chi connectivity index (χ3v) is 6.07. The van der Waals surface area contributed by atoms with Crippen LogP contribution in [0.3, 0.4) is 0 Å². The molecule has 0 fully saturated rings. The van der Waals surface area contributed by atoms with E-state index < -0.39 is 6.04 Å². The highest BCUT2D eigenvalue weighted by Gasteiger charge is 2.37. The molecule has 1 aliphatic rings. The summed E-state index contributed by atoms with van der Waals surface area (Å²) in [5.41, 5.74) is 4.27. The van der Waals surface area contributed by atoms with Crippen molar-refractivity contribution in [1.82, 2.24) is 10.2 Å². The predicted octanol–water partition coefficient (Wildman–Crippen LogP) is 4.59. The van der Waals surface area contributed by atoms with Crippen LogP contribution < -0.4 is 19.7 Å². The zero-order valence-electron chi connectivity index (χ0n) is 19.6. The molecule has 2 aromatic carbocycles. The first-order valence-electron chi connectivity index (χ1n) is 10.8. The molecule has 0 aliphatic carbocycles. The van der Waals surface area contributed by atoms with E-state index in [9.17, 15) is 4.79 Å². The van der Waals surface area contributed by atoms with Gasteiger partial charge in [0, 0.05) is 30.0 Å². The quantitative estimate of drug-likeness (QED) is 0.619. The van der Waals surface area contributed by atoms with Crippen molar-refractivity contribution in [3.8, 4) is 11.5 Å². The molecule has 3 rings (SSSR count). The number of methoxy groups -OCH3 is 2. The fourth-order valence-corrected chi connectivity index (χ4v) is 4.51. The molecule has 2 aromatic rings. The lowest BCUT2D eigenvalue weighted by atomic mass is 9.92. The number of benzene rings is 2. The van der Waals surface area contributed by atoms with Crippen LogP contribution in [0.25, 0.3) is 0 Å². The van der Waals surface area contributed by atoms with Crippen molar-refractivity contribution in [2.45, 2.75) is 33.7 Å². The Balaban J connectivity index is 2.24. The second-order valence-corrected chi connectivity index (χ2v) is 8.00. The van der Waals surface area contributed by atoms with E-state index in [4.69, 9.17) is 21.7 Å². The lowest BCUT2D eigenvalue weighted by Gasteiger charge is -2.39. The number of hydrogen-bond acceptors (Lipinski definition) is 4. The van der Waals surface area contributed by atoms with Gasteiger partial charge in [0.2, 0.25) is 0 Å². The van der Waals surface area contributed by atoms with E-state index in [-0.39, 0.29) is 5.91 Å². The summed E-state index contributed by atoms with van der Waals surface area (Å²) < 4.78 is 11.2. The summed E-state index contributed by atoms with van der Waals surface area (Å²) in [4.78, 5) is 17.5. The number of para-hydroxylation sites is 1. The second kappa shape index (κ2) is 10.0. The molecule has 170 valence electrons. The van der Waals surface area contributed by atoms with E-state index in [2.05, 4.69) is 11.4 Å². The average Bonchev–Trinajstić information content (AvgIpc) is 2.78. The van der Waals surface area contributed by atoms with Crippen molar-refractivity contribution in [3.63, 3.8) is 0 Å². The zero-order valence-corrected chi connectivity index (χ0v) is 20.4. The lowest BCUT2D eigenvalue weighted by molar-refractivity contribution is -0.127. The van der Waals surface area contributed by atoms with Gasteiger partial charge in [-0.1, -0.05) is 24.3 Å². The molecule has 1 aliphatic heterocycles. The Labute approximate surface area is 195 Å². The first kappa shape index (κ1) is 23.6. The van der Waals surface area contributed by atoms with Crippen LogP contribution in [0.15, 0.2) is 53.7 Å². The molecule has 1 atom stereocenters. The van der Waals surface area contributed by atoms with Crippen molar-refractivity contribution in [1.29, 1.82) is 0 Å². The predicted molar refractivity (Wildman–Crippen MR) is 132 cm³/mol. The maximum atomic E-state index is 13.7. The van der Waals surface area contributed by atoms with E-state index in [0.717, 1.165) is 22.5 Å². The maximum absolute atomic E-state index is 13.7. The number of anilines is 1. The van der Waals surface area contributed by atoms with Gasteiger partial charge in [0.05, 0.1) is 25.8 Å². The Morgan fingerprint density at radius 2 is 1.78 bits per heavy atom. The molecular weight excluding hydrogens is 422 g/mol. The number of ether oxygens (including phenoxy) is 2. The number of aryl methyl sites for hydroxylation is 1. The van der Waals surface area contributed by atoms with Crippen LogP contribution in [-0.2, 0) is 4.79 Å². The highest BCUT2D eigenvalue weighted by molar-refractivity contribution is 7.80. The molecule has 7 heteroatoms. The molecule has 1 N–H and O–H groups in total. The van der Waals surface area contributed by atoms with Gasteiger partial charge in [-0.15, -0.1) is 0 Å². The normalized spacial score (nSPS) is 16.0. The molecule has 0 radical (unpaired) electrons. The van der Waals surface area contributed by atoms with Crippen molar-refractivity contribution in [3.05, 3.63) is 64.9 Å². The van der Waals surface area contributed by atoms with Crippen LogP contribution in [0.5, 0.6) is 11.5 Å². The van der Waals surface area contributed by atoms with Crippen LogP contribution >= 0.6 is 12.2 Å². The van der Waals surface area contributed by atoms with Crippen molar-refractivity contribution in [2.24, 2.45) is 0 Å². The molecular formula is C25H31N3O3S. The Bertz CT molecular complexity index is 1050. The van der Waals surface area contributed by atoms with Gasteiger partial charge >= 0.3 is 0 Å². The van der Waals surface area contributed by atoms with Crippen LogP contribution in [0.1, 0.15) is 37.9 Å². The zero-order chi connectivity index (χ0) is 23.4. The minimum absolute atomic E-state index is 0.0324. The number of nitrogens with zero attached hydrogens (tertiary/aromatic N) is 2. The fourth-order valence-electron chi connectivity index (χ4n) is 4.15. The van der Waals surface area contributed by atoms with Crippen molar-refractivity contribution >= 4 is 28.9 Å². The number of nitrogens with one attached hydrogen (secondary N) is 1. The Morgan fingerprint density at radius 3 is 2.38 bits per heavy atom. The number of thiocarbonyl (C=S) groups is 1. The SMILES string of the molecule is CCN(CC)C(=O)C1=C(C)N(c2cccc(C)c2)C(=S)NC1c1cccc(OC)c1OC. The van der Waals surface area contributed by atoms with Crippen LogP contribution in [-0.4, -0.2) is 43.2 Å². The maximum Gasteiger partial charge on any atom is 0.253 e. The van der Waals surface area contributed by atoms with Crippen LogP contribution in [0.2, 0.25) is 0 Å². The number of carbonyl (C=O) groups excluding carboxylic acids is 1. The Hall–Kier alpha value is -3.06. The van der Waals surface area contributed by atoms with E-state index in [1.165, 1.54) is 0 Å². The summed E-state index contributed by atoms with van der Waals surface area (Å²) in [6.07, 6.45) is 0. The van der Waals surface area contributed by atoms with E-state index in [0.29, 0.717) is 35.3 Å². The van der Waals surface area contributed by atoms with Gasteiger partial charge in [0.15, 0.2) is 16.6 Å². The van der Waals surface area contributed by atoms with Crippen molar-refractivity contribution in [2.75, 3.05) is 32.2 Å². The molecule has 0 aromatic heterocycles. The molecule has 0 saturated carbocycles. The van der Waals surface area contributed by atoms with E-state index in [1.54, 1.807) is 14.2 Å². The molecule has 1 heterocycles. The van der Waals surface area contributed by atoms with Gasteiger partial charge in [0.25, 0.3) is 5.91 Å². The average molecular weight is 454 g/mol. The van der Waals surface area contributed by atoms with E-state index in [1.807, 2.05) is 73.9 Å². The second-order valence-electron chi connectivity index (χ2n) is 7.62. The monoisotopic (exact) mass is 453 g/mol. The largest absolute Gasteiger partial charge is 0.493 e. The number of amides is 1. The van der Waals surface area contributed by atoms with Gasteiger partial charge in [-0.3, -0.25) is 9.69 Å². The highest BCUT2D eigenvalue weighted by atomic mass is 32.1. The van der Waals surface area contributed by atoms with E-state index >= 15 is 0 Å². The van der Waals surface area contributed by atoms with Gasteiger partial charge in [-0.25, -0.2) is 0 Å². The summed E-state index contributed by atoms with van der Waals surface area (Å²) in [6.45, 7) is 9.18. The van der Waals surface area contributed by atoms with Gasteiger partial charge in [-0.2, -0.15) is 0 Å². The van der Waals surface area contributed by atoms with Crippen LogP contribution in [0.4, 0.5) is 5.69 Å². The molecule has 0 bridgehead atoms. The molecule has 0 spiro atoms. The summed E-state index contributed by atoms with van der Waals surface area (Å²) in [5, 5.41) is 3.93. The first-order valence-corrected chi connectivity index (χ1v) is 11.2. The third-order valence-electron chi connectivity index (χ3n) is 5.77. The lowest BCUT2D eigenvalue weighted by Crippen LogP contribution is -2.50. The molecule has 1 unspecified atom stereocenters. The molecule has 6 nitrogen and oxygen atoms in total.